The van der Waals surface area contributed by atoms with E-state index < -0.39 is 0 Å². The molecule has 4 nitrogen and oxygen atoms in total. The van der Waals surface area contributed by atoms with E-state index in [0.717, 1.165) is 39.0 Å². The van der Waals surface area contributed by atoms with E-state index in [1.54, 1.807) is 0 Å². The molecular formula is C16H28N2O2. The first kappa shape index (κ1) is 14.3. The van der Waals surface area contributed by atoms with Crippen LogP contribution in [0.25, 0.3) is 0 Å². The molecule has 1 amide bonds. The molecule has 1 saturated carbocycles. The first-order valence-electron chi connectivity index (χ1n) is 8.44. The van der Waals surface area contributed by atoms with Gasteiger partial charge in [0.1, 0.15) is 0 Å². The molecule has 2 aliphatic heterocycles. The normalized spacial score (nSPS) is 33.2. The summed E-state index contributed by atoms with van der Waals surface area (Å²) in [4.78, 5) is 14.8. The molecule has 2 saturated heterocycles. The molecule has 3 rings (SSSR count). The van der Waals surface area contributed by atoms with E-state index >= 15 is 0 Å². The fourth-order valence-electron chi connectivity index (χ4n) is 4.07. The molecule has 3 fully saturated rings. The summed E-state index contributed by atoms with van der Waals surface area (Å²) in [5.41, 5.74) is 0. The highest BCUT2D eigenvalue weighted by Crippen LogP contribution is 2.33. The maximum atomic E-state index is 12.6. The van der Waals surface area contributed by atoms with E-state index in [0.29, 0.717) is 23.9 Å². The Morgan fingerprint density at radius 3 is 2.55 bits per heavy atom. The van der Waals surface area contributed by atoms with Crippen LogP contribution >= 0.6 is 0 Å². The third-order valence-electron chi connectivity index (χ3n) is 5.34. The highest BCUT2D eigenvalue weighted by Gasteiger charge is 2.42. The summed E-state index contributed by atoms with van der Waals surface area (Å²) in [6.45, 7) is 4.78. The van der Waals surface area contributed by atoms with Crippen molar-refractivity contribution in [2.75, 3.05) is 19.8 Å². The summed E-state index contributed by atoms with van der Waals surface area (Å²) in [7, 11) is 0. The molecule has 0 aromatic carbocycles. The molecule has 1 N–H and O–H groups in total. The summed E-state index contributed by atoms with van der Waals surface area (Å²) in [5, 5.41) is 3.62. The highest BCUT2D eigenvalue weighted by atomic mass is 16.5. The number of carbonyl (C=O) groups is 1. The van der Waals surface area contributed by atoms with Crippen molar-refractivity contribution >= 4 is 5.91 Å². The smallest absolute Gasteiger partial charge is 0.241 e. The fourth-order valence-corrected chi connectivity index (χ4v) is 4.07. The van der Waals surface area contributed by atoms with Crippen molar-refractivity contribution in [2.45, 2.75) is 64.1 Å². The number of nitrogens with one attached hydrogen (secondary N) is 1. The van der Waals surface area contributed by atoms with Crippen LogP contribution in [-0.4, -0.2) is 42.8 Å². The van der Waals surface area contributed by atoms with Gasteiger partial charge in [0.05, 0.1) is 12.2 Å². The zero-order chi connectivity index (χ0) is 13.9. The van der Waals surface area contributed by atoms with E-state index in [-0.39, 0.29) is 6.04 Å². The van der Waals surface area contributed by atoms with Gasteiger partial charge in [-0.2, -0.15) is 0 Å². The number of hydrogen-bond donors (Lipinski definition) is 1. The Balaban J connectivity index is 1.67. The lowest BCUT2D eigenvalue weighted by molar-refractivity contribution is -0.131. The molecule has 2 heterocycles. The van der Waals surface area contributed by atoms with Gasteiger partial charge in [-0.1, -0.05) is 19.8 Å². The van der Waals surface area contributed by atoms with Gasteiger partial charge >= 0.3 is 0 Å². The second-order valence-electron chi connectivity index (χ2n) is 6.66. The Bertz CT molecular complexity index is 335. The predicted octanol–water partition coefficient (Wildman–Crippen LogP) is 2.14. The Kier molecular flexibility index (Phi) is 4.61. The van der Waals surface area contributed by atoms with E-state index in [1.165, 1.54) is 25.7 Å². The monoisotopic (exact) mass is 280 g/mol. The van der Waals surface area contributed by atoms with Gasteiger partial charge in [-0.05, 0) is 43.9 Å². The van der Waals surface area contributed by atoms with Crippen molar-refractivity contribution in [1.29, 1.82) is 0 Å². The molecule has 0 bridgehead atoms. The van der Waals surface area contributed by atoms with Crippen LogP contribution in [0.4, 0.5) is 0 Å². The molecular weight excluding hydrogens is 252 g/mol. The lowest BCUT2D eigenvalue weighted by atomic mass is 9.97. The van der Waals surface area contributed by atoms with Gasteiger partial charge in [0.15, 0.2) is 0 Å². The van der Waals surface area contributed by atoms with E-state index in [2.05, 4.69) is 17.1 Å². The van der Waals surface area contributed by atoms with Crippen LogP contribution in [0.2, 0.25) is 0 Å². The Morgan fingerprint density at radius 2 is 1.90 bits per heavy atom. The molecule has 20 heavy (non-hydrogen) atoms. The number of nitrogens with zero attached hydrogens (tertiary/aromatic N) is 1. The lowest BCUT2D eigenvalue weighted by Crippen LogP contribution is -2.45. The molecule has 3 aliphatic rings. The van der Waals surface area contributed by atoms with Crippen LogP contribution in [0.3, 0.4) is 0 Å². The van der Waals surface area contributed by atoms with Crippen LogP contribution in [0.15, 0.2) is 0 Å². The predicted molar refractivity (Wildman–Crippen MR) is 78.2 cm³/mol. The standard InChI is InChI=1S/C16H28N2O2/c1-2-14-16(19)18(11-12-7-9-20-10-8-12)15(17-14)13-5-3-4-6-13/h12-15,17H,2-11H2,1H3. The van der Waals surface area contributed by atoms with Crippen molar-refractivity contribution in [3.63, 3.8) is 0 Å². The molecule has 2 atom stereocenters. The van der Waals surface area contributed by atoms with Crippen LogP contribution in [0.1, 0.15) is 51.9 Å². The minimum Gasteiger partial charge on any atom is -0.381 e. The Hall–Kier alpha value is -0.610. The summed E-state index contributed by atoms with van der Waals surface area (Å²) in [6, 6.07) is 0.0560. The Labute approximate surface area is 122 Å². The quantitative estimate of drug-likeness (QED) is 0.858. The molecule has 0 radical (unpaired) electrons. The zero-order valence-corrected chi connectivity index (χ0v) is 12.6. The van der Waals surface area contributed by atoms with E-state index in [1.807, 2.05) is 0 Å². The number of carbonyl (C=O) groups excluding carboxylic acids is 1. The van der Waals surface area contributed by atoms with Crippen molar-refractivity contribution in [1.82, 2.24) is 10.2 Å². The van der Waals surface area contributed by atoms with Crippen molar-refractivity contribution in [2.24, 2.45) is 11.8 Å². The number of amides is 1. The van der Waals surface area contributed by atoms with Crippen molar-refractivity contribution in [3.8, 4) is 0 Å². The third-order valence-corrected chi connectivity index (χ3v) is 5.34. The zero-order valence-electron chi connectivity index (χ0n) is 12.6. The first-order chi connectivity index (χ1) is 9.79. The van der Waals surface area contributed by atoms with Crippen molar-refractivity contribution < 1.29 is 9.53 Å². The molecule has 2 unspecified atom stereocenters. The van der Waals surface area contributed by atoms with Gasteiger partial charge in [0, 0.05) is 19.8 Å². The van der Waals surface area contributed by atoms with Gasteiger partial charge in [-0.3, -0.25) is 10.1 Å². The maximum absolute atomic E-state index is 12.6. The summed E-state index contributed by atoms with van der Waals surface area (Å²) in [6.07, 6.45) is 8.66. The second kappa shape index (κ2) is 6.44. The average molecular weight is 280 g/mol. The topological polar surface area (TPSA) is 41.6 Å². The average Bonchev–Trinajstić information content (AvgIpc) is 3.10. The van der Waals surface area contributed by atoms with Crippen LogP contribution < -0.4 is 5.32 Å². The molecule has 114 valence electrons. The van der Waals surface area contributed by atoms with Gasteiger partial charge in [0.25, 0.3) is 0 Å². The number of ether oxygens (including phenoxy) is 1. The number of rotatable bonds is 4. The van der Waals surface area contributed by atoms with Crippen molar-refractivity contribution in [3.05, 3.63) is 0 Å². The first-order valence-corrected chi connectivity index (χ1v) is 8.44. The van der Waals surface area contributed by atoms with Crippen LogP contribution in [-0.2, 0) is 9.53 Å². The van der Waals surface area contributed by atoms with Gasteiger partial charge < -0.3 is 9.64 Å². The third kappa shape index (κ3) is 2.86. The summed E-state index contributed by atoms with van der Waals surface area (Å²) in [5.74, 6) is 1.65. The summed E-state index contributed by atoms with van der Waals surface area (Å²) >= 11 is 0. The molecule has 0 aromatic heterocycles. The largest absolute Gasteiger partial charge is 0.381 e. The number of hydrogen-bond acceptors (Lipinski definition) is 3. The highest BCUT2D eigenvalue weighted by molar-refractivity contribution is 5.84. The minimum atomic E-state index is 0.0560. The SMILES string of the molecule is CCC1NC(C2CCCC2)N(CC2CCOCC2)C1=O. The Morgan fingerprint density at radius 1 is 1.20 bits per heavy atom. The summed E-state index contributed by atoms with van der Waals surface area (Å²) < 4.78 is 5.44. The van der Waals surface area contributed by atoms with Crippen LogP contribution in [0, 0.1) is 11.8 Å². The lowest BCUT2D eigenvalue weighted by Gasteiger charge is -2.33. The van der Waals surface area contributed by atoms with Gasteiger partial charge in [-0.25, -0.2) is 0 Å². The molecule has 0 spiro atoms. The van der Waals surface area contributed by atoms with Gasteiger partial charge in [-0.15, -0.1) is 0 Å². The molecule has 1 aliphatic carbocycles. The molecule has 0 aromatic rings. The van der Waals surface area contributed by atoms with E-state index in [4.69, 9.17) is 4.74 Å². The van der Waals surface area contributed by atoms with E-state index in [9.17, 15) is 4.79 Å². The molecule has 4 heteroatoms. The minimum absolute atomic E-state index is 0.0560. The van der Waals surface area contributed by atoms with Gasteiger partial charge in [0.2, 0.25) is 5.91 Å². The van der Waals surface area contributed by atoms with Crippen LogP contribution in [0.5, 0.6) is 0 Å². The fraction of sp³-hybridized carbons (Fsp3) is 0.938. The maximum Gasteiger partial charge on any atom is 0.241 e. The second-order valence-corrected chi connectivity index (χ2v) is 6.66.